The van der Waals surface area contributed by atoms with Crippen molar-refractivity contribution in [3.05, 3.63) is 0 Å². The summed E-state index contributed by atoms with van der Waals surface area (Å²) < 4.78 is 10.5. The van der Waals surface area contributed by atoms with Gasteiger partial charge in [-0.1, -0.05) is 19.3 Å². The van der Waals surface area contributed by atoms with Crippen LogP contribution in [0.5, 0.6) is 0 Å². The highest BCUT2D eigenvalue weighted by Gasteiger charge is 2.38. The van der Waals surface area contributed by atoms with Crippen molar-refractivity contribution in [1.82, 2.24) is 15.5 Å². The van der Waals surface area contributed by atoms with Crippen LogP contribution in [0.1, 0.15) is 72.6 Å². The number of nitrogens with one attached hydrogen (secondary N) is 2. The van der Waals surface area contributed by atoms with Gasteiger partial charge < -0.3 is 14.8 Å². The zero-order valence-corrected chi connectivity index (χ0v) is 17.8. The summed E-state index contributed by atoms with van der Waals surface area (Å²) in [6, 6.07) is -1.31. The van der Waals surface area contributed by atoms with Crippen LogP contribution in [-0.2, 0) is 19.1 Å². The van der Waals surface area contributed by atoms with Crippen molar-refractivity contribution in [2.45, 2.75) is 96.4 Å². The Hall–Kier alpha value is -2.32. The Morgan fingerprint density at radius 1 is 1.00 bits per heavy atom. The summed E-state index contributed by atoms with van der Waals surface area (Å²) in [6.45, 7) is 7.03. The zero-order chi connectivity index (χ0) is 21.6. The quantitative estimate of drug-likeness (QED) is 0.687. The van der Waals surface area contributed by atoms with E-state index in [-0.39, 0.29) is 6.04 Å². The number of imide groups is 1. The standard InChI is InChI=1S/C20H33N3O6/c1-13(16(24)22-18(26)21-14-9-6-5-7-10-14)28-17(25)15-11-8-12-23(15)19(27)29-20(2,3)4/h13-15H,5-12H2,1-4H3,(H2,21,22,24,26)/t13-,15-/m0/s1. The molecule has 0 aromatic heterocycles. The lowest BCUT2D eigenvalue weighted by molar-refractivity contribution is -0.158. The second-order valence-electron chi connectivity index (χ2n) is 8.71. The first-order valence-corrected chi connectivity index (χ1v) is 10.4. The lowest BCUT2D eigenvalue weighted by Gasteiger charge is -2.28. The van der Waals surface area contributed by atoms with Gasteiger partial charge in [0.15, 0.2) is 6.10 Å². The molecular weight excluding hydrogens is 378 g/mol. The van der Waals surface area contributed by atoms with Gasteiger partial charge in [0.25, 0.3) is 5.91 Å². The van der Waals surface area contributed by atoms with E-state index in [1.54, 1.807) is 20.8 Å². The molecule has 1 aliphatic heterocycles. The van der Waals surface area contributed by atoms with E-state index in [1.807, 2.05) is 0 Å². The minimum atomic E-state index is -1.15. The van der Waals surface area contributed by atoms with Crippen molar-refractivity contribution in [2.24, 2.45) is 0 Å². The second kappa shape index (κ2) is 9.93. The highest BCUT2D eigenvalue weighted by Crippen LogP contribution is 2.22. The van der Waals surface area contributed by atoms with E-state index in [4.69, 9.17) is 9.47 Å². The number of amides is 4. The number of urea groups is 1. The third kappa shape index (κ3) is 7.21. The van der Waals surface area contributed by atoms with Gasteiger partial charge in [-0.15, -0.1) is 0 Å². The maximum absolute atomic E-state index is 12.5. The van der Waals surface area contributed by atoms with Crippen LogP contribution in [0.2, 0.25) is 0 Å². The SMILES string of the molecule is C[C@H](OC(=O)[C@@H]1CCCN1C(=O)OC(C)(C)C)C(=O)NC(=O)NC1CCCCC1. The lowest BCUT2D eigenvalue weighted by Crippen LogP contribution is -2.49. The number of carbonyl (C=O) groups excluding carboxylic acids is 4. The number of nitrogens with zero attached hydrogens (tertiary/aromatic N) is 1. The number of esters is 1. The smallest absolute Gasteiger partial charge is 0.411 e. The molecule has 2 aliphatic rings. The van der Waals surface area contributed by atoms with E-state index >= 15 is 0 Å². The van der Waals surface area contributed by atoms with Crippen molar-refractivity contribution < 1.29 is 28.7 Å². The van der Waals surface area contributed by atoms with Crippen molar-refractivity contribution in [3.8, 4) is 0 Å². The fraction of sp³-hybridized carbons (Fsp3) is 0.800. The maximum Gasteiger partial charge on any atom is 0.411 e. The molecule has 0 aromatic carbocycles. The van der Waals surface area contributed by atoms with Crippen LogP contribution >= 0.6 is 0 Å². The Kier molecular flexibility index (Phi) is 7.87. The third-order valence-corrected chi connectivity index (χ3v) is 4.99. The van der Waals surface area contributed by atoms with Gasteiger partial charge in [-0.25, -0.2) is 14.4 Å². The van der Waals surface area contributed by atoms with Crippen molar-refractivity contribution in [1.29, 1.82) is 0 Å². The van der Waals surface area contributed by atoms with Crippen LogP contribution < -0.4 is 10.6 Å². The van der Waals surface area contributed by atoms with Crippen LogP contribution in [0.15, 0.2) is 0 Å². The van der Waals surface area contributed by atoms with Gasteiger partial charge in [-0.05, 0) is 53.4 Å². The molecule has 4 amide bonds. The summed E-state index contributed by atoms with van der Waals surface area (Å²) in [4.78, 5) is 50.3. The highest BCUT2D eigenvalue weighted by molar-refractivity contribution is 5.97. The maximum atomic E-state index is 12.5. The van der Waals surface area contributed by atoms with Crippen molar-refractivity contribution in [3.63, 3.8) is 0 Å². The van der Waals surface area contributed by atoms with Crippen molar-refractivity contribution in [2.75, 3.05) is 6.54 Å². The number of hydrogen-bond donors (Lipinski definition) is 2. The number of ether oxygens (including phenoxy) is 2. The summed E-state index contributed by atoms with van der Waals surface area (Å²) in [6.07, 6.45) is 4.42. The molecule has 1 heterocycles. The van der Waals surface area contributed by atoms with Crippen LogP contribution in [0, 0.1) is 0 Å². The normalized spacial score (nSPS) is 21.2. The molecule has 29 heavy (non-hydrogen) atoms. The molecule has 0 radical (unpaired) electrons. The van der Waals surface area contributed by atoms with Gasteiger partial charge in [-0.3, -0.25) is 15.0 Å². The average molecular weight is 411 g/mol. The Morgan fingerprint density at radius 3 is 2.28 bits per heavy atom. The van der Waals surface area contributed by atoms with Gasteiger partial charge in [0, 0.05) is 12.6 Å². The molecule has 0 spiro atoms. The first-order chi connectivity index (χ1) is 13.6. The van der Waals surface area contributed by atoms with E-state index < -0.39 is 41.7 Å². The monoisotopic (exact) mass is 411 g/mol. The van der Waals surface area contributed by atoms with Gasteiger partial charge in [-0.2, -0.15) is 0 Å². The first kappa shape index (κ1) is 23.0. The summed E-state index contributed by atoms with van der Waals surface area (Å²) >= 11 is 0. The molecule has 2 atom stereocenters. The van der Waals surface area contributed by atoms with E-state index in [1.165, 1.54) is 11.8 Å². The molecule has 1 saturated carbocycles. The molecular formula is C20H33N3O6. The molecule has 164 valence electrons. The molecule has 2 rings (SSSR count). The van der Waals surface area contributed by atoms with E-state index in [0.29, 0.717) is 19.4 Å². The predicted octanol–water partition coefficient (Wildman–Crippen LogP) is 2.48. The van der Waals surface area contributed by atoms with Crippen LogP contribution in [0.3, 0.4) is 0 Å². The predicted molar refractivity (Wildman–Crippen MR) is 105 cm³/mol. The molecule has 0 aromatic rings. The van der Waals surface area contributed by atoms with E-state index in [9.17, 15) is 19.2 Å². The fourth-order valence-corrected chi connectivity index (χ4v) is 3.54. The second-order valence-corrected chi connectivity index (χ2v) is 8.71. The van der Waals surface area contributed by atoms with Crippen molar-refractivity contribution >= 4 is 24.0 Å². The molecule has 2 fully saturated rings. The Balaban J connectivity index is 1.82. The van der Waals surface area contributed by atoms with Gasteiger partial charge >= 0.3 is 18.1 Å². The Morgan fingerprint density at radius 2 is 1.66 bits per heavy atom. The van der Waals surface area contributed by atoms with Crippen LogP contribution in [-0.4, -0.2) is 59.2 Å². The minimum absolute atomic E-state index is 0.0651. The summed E-state index contributed by atoms with van der Waals surface area (Å²) in [5.41, 5.74) is -0.674. The molecule has 0 bridgehead atoms. The van der Waals surface area contributed by atoms with Gasteiger partial charge in [0.1, 0.15) is 11.6 Å². The van der Waals surface area contributed by atoms with Crippen LogP contribution in [0.4, 0.5) is 9.59 Å². The van der Waals surface area contributed by atoms with Gasteiger partial charge in [0.05, 0.1) is 0 Å². The Labute approximate surface area is 171 Å². The highest BCUT2D eigenvalue weighted by atomic mass is 16.6. The lowest BCUT2D eigenvalue weighted by atomic mass is 9.96. The first-order valence-electron chi connectivity index (χ1n) is 10.4. The van der Waals surface area contributed by atoms with Gasteiger partial charge in [0.2, 0.25) is 0 Å². The molecule has 2 N–H and O–H groups in total. The topological polar surface area (TPSA) is 114 Å². The van der Waals surface area contributed by atoms with Crippen LogP contribution in [0.25, 0.3) is 0 Å². The minimum Gasteiger partial charge on any atom is -0.451 e. The summed E-state index contributed by atoms with van der Waals surface area (Å²) in [5, 5.41) is 4.99. The molecule has 9 heteroatoms. The molecule has 0 unspecified atom stereocenters. The Bertz CT molecular complexity index is 624. The summed E-state index contributed by atoms with van der Waals surface area (Å²) in [5.74, 6) is -1.38. The number of rotatable bonds is 4. The molecule has 1 saturated heterocycles. The fourth-order valence-electron chi connectivity index (χ4n) is 3.54. The summed E-state index contributed by atoms with van der Waals surface area (Å²) in [7, 11) is 0. The number of carbonyl (C=O) groups is 4. The largest absolute Gasteiger partial charge is 0.451 e. The average Bonchev–Trinajstić information content (AvgIpc) is 3.11. The number of likely N-dealkylation sites (tertiary alicyclic amines) is 1. The number of hydrogen-bond acceptors (Lipinski definition) is 6. The molecule has 9 nitrogen and oxygen atoms in total. The third-order valence-electron chi connectivity index (χ3n) is 4.99. The van der Waals surface area contributed by atoms with E-state index in [2.05, 4.69) is 10.6 Å². The molecule has 1 aliphatic carbocycles. The van der Waals surface area contributed by atoms with E-state index in [0.717, 1.165) is 32.1 Å². The zero-order valence-electron chi connectivity index (χ0n) is 17.8.